The monoisotopic (exact) mass is 419 g/mol. The molecule has 4 aromatic rings. The van der Waals surface area contributed by atoms with Gasteiger partial charge in [-0.1, -0.05) is 18.2 Å². The second-order valence-corrected chi connectivity index (χ2v) is 6.82. The SMILES string of the molecule is Cc1nn2c(=O)c(C)c(-c3ccccc3C(F)(F)F)[nH]c2c1-c1ccc(F)cc1F. The number of rotatable bonds is 2. The van der Waals surface area contributed by atoms with Gasteiger partial charge < -0.3 is 4.98 Å². The van der Waals surface area contributed by atoms with Gasteiger partial charge in [-0.05, 0) is 32.0 Å². The van der Waals surface area contributed by atoms with E-state index in [9.17, 15) is 26.7 Å². The zero-order chi connectivity index (χ0) is 21.8. The molecule has 2 aromatic heterocycles. The lowest BCUT2D eigenvalue weighted by Crippen LogP contribution is -2.20. The molecule has 0 amide bonds. The molecule has 1 N–H and O–H groups in total. The fourth-order valence-corrected chi connectivity index (χ4v) is 3.50. The van der Waals surface area contributed by atoms with Gasteiger partial charge in [-0.3, -0.25) is 4.79 Å². The number of alkyl halides is 3. The van der Waals surface area contributed by atoms with Crippen molar-refractivity contribution in [2.75, 3.05) is 0 Å². The summed E-state index contributed by atoms with van der Waals surface area (Å²) in [7, 11) is 0. The van der Waals surface area contributed by atoms with Crippen molar-refractivity contribution in [3.8, 4) is 22.4 Å². The molecule has 0 saturated heterocycles. The van der Waals surface area contributed by atoms with E-state index in [1.54, 1.807) is 0 Å². The first-order chi connectivity index (χ1) is 14.1. The molecule has 0 aliphatic carbocycles. The van der Waals surface area contributed by atoms with Crippen molar-refractivity contribution < 1.29 is 22.0 Å². The van der Waals surface area contributed by atoms with Crippen molar-refractivity contribution in [3.05, 3.63) is 81.3 Å². The highest BCUT2D eigenvalue weighted by Crippen LogP contribution is 2.38. The van der Waals surface area contributed by atoms with E-state index in [-0.39, 0.29) is 39.3 Å². The summed E-state index contributed by atoms with van der Waals surface area (Å²) in [4.78, 5) is 15.7. The molecule has 0 spiro atoms. The van der Waals surface area contributed by atoms with Gasteiger partial charge in [0, 0.05) is 22.8 Å². The number of hydrogen-bond donors (Lipinski definition) is 1. The average Bonchev–Trinajstić information content (AvgIpc) is 3.00. The summed E-state index contributed by atoms with van der Waals surface area (Å²) in [5.41, 5.74) is -1.40. The summed E-state index contributed by atoms with van der Waals surface area (Å²) in [6.45, 7) is 2.91. The van der Waals surface area contributed by atoms with Crippen LogP contribution < -0.4 is 5.56 Å². The average molecular weight is 419 g/mol. The quantitative estimate of drug-likeness (QED) is 0.450. The van der Waals surface area contributed by atoms with Crippen LogP contribution in [0.4, 0.5) is 22.0 Å². The van der Waals surface area contributed by atoms with Gasteiger partial charge in [0.1, 0.15) is 17.3 Å². The Hall–Kier alpha value is -3.49. The molecule has 30 heavy (non-hydrogen) atoms. The summed E-state index contributed by atoms with van der Waals surface area (Å²) < 4.78 is 69.3. The van der Waals surface area contributed by atoms with Crippen molar-refractivity contribution in [3.63, 3.8) is 0 Å². The van der Waals surface area contributed by atoms with E-state index < -0.39 is 28.9 Å². The summed E-state index contributed by atoms with van der Waals surface area (Å²) in [5, 5.41) is 4.11. The highest BCUT2D eigenvalue weighted by molar-refractivity contribution is 5.82. The Kier molecular flexibility index (Phi) is 4.48. The Balaban J connectivity index is 2.09. The molecule has 4 rings (SSSR count). The van der Waals surface area contributed by atoms with Crippen LogP contribution in [-0.4, -0.2) is 14.6 Å². The number of H-pyrrole nitrogens is 1. The molecule has 0 aliphatic rings. The predicted octanol–water partition coefficient (Wildman–Crippen LogP) is 5.27. The van der Waals surface area contributed by atoms with Gasteiger partial charge in [0.15, 0.2) is 0 Å². The van der Waals surface area contributed by atoms with Crippen LogP contribution in [0, 0.1) is 25.5 Å². The highest BCUT2D eigenvalue weighted by Gasteiger charge is 2.34. The molecular formula is C21H14F5N3O. The van der Waals surface area contributed by atoms with Crippen molar-refractivity contribution in [2.24, 2.45) is 0 Å². The minimum atomic E-state index is -4.64. The number of nitrogens with one attached hydrogen (secondary N) is 1. The van der Waals surface area contributed by atoms with Crippen LogP contribution in [0.5, 0.6) is 0 Å². The van der Waals surface area contributed by atoms with E-state index in [4.69, 9.17) is 0 Å². The molecular weight excluding hydrogens is 405 g/mol. The Labute approximate surface area is 166 Å². The Morgan fingerprint density at radius 2 is 1.70 bits per heavy atom. The predicted molar refractivity (Wildman–Crippen MR) is 101 cm³/mol. The van der Waals surface area contributed by atoms with E-state index in [2.05, 4.69) is 10.1 Å². The van der Waals surface area contributed by atoms with Gasteiger partial charge in [0.2, 0.25) is 0 Å². The van der Waals surface area contributed by atoms with Gasteiger partial charge >= 0.3 is 6.18 Å². The maximum atomic E-state index is 14.4. The topological polar surface area (TPSA) is 50.2 Å². The third kappa shape index (κ3) is 3.06. The maximum absolute atomic E-state index is 14.4. The fourth-order valence-electron chi connectivity index (χ4n) is 3.50. The number of aromatic amines is 1. The van der Waals surface area contributed by atoms with E-state index in [1.165, 1.54) is 38.1 Å². The Morgan fingerprint density at radius 1 is 1.00 bits per heavy atom. The molecule has 4 nitrogen and oxygen atoms in total. The van der Waals surface area contributed by atoms with Crippen molar-refractivity contribution in [1.82, 2.24) is 14.6 Å². The van der Waals surface area contributed by atoms with Crippen molar-refractivity contribution in [1.29, 1.82) is 0 Å². The number of fused-ring (bicyclic) bond motifs is 1. The molecule has 2 heterocycles. The molecule has 0 saturated carbocycles. The summed E-state index contributed by atoms with van der Waals surface area (Å²) >= 11 is 0. The van der Waals surface area contributed by atoms with Crippen LogP contribution >= 0.6 is 0 Å². The number of halogens is 5. The largest absolute Gasteiger partial charge is 0.417 e. The first kappa shape index (κ1) is 19.8. The van der Waals surface area contributed by atoms with Crippen LogP contribution in [0.15, 0.2) is 47.3 Å². The Bertz CT molecular complexity index is 1350. The van der Waals surface area contributed by atoms with Crippen molar-refractivity contribution >= 4 is 5.65 Å². The van der Waals surface area contributed by atoms with Crippen molar-refractivity contribution in [2.45, 2.75) is 20.0 Å². The zero-order valence-corrected chi connectivity index (χ0v) is 15.7. The van der Waals surface area contributed by atoms with E-state index >= 15 is 0 Å². The van der Waals surface area contributed by atoms with Crippen LogP contribution in [-0.2, 0) is 6.18 Å². The molecule has 0 fully saturated rings. The van der Waals surface area contributed by atoms with Crippen LogP contribution in [0.1, 0.15) is 16.8 Å². The highest BCUT2D eigenvalue weighted by atomic mass is 19.4. The molecule has 0 aliphatic heterocycles. The normalized spacial score (nSPS) is 12.0. The maximum Gasteiger partial charge on any atom is 0.417 e. The van der Waals surface area contributed by atoms with Crippen LogP contribution in [0.3, 0.4) is 0 Å². The molecule has 9 heteroatoms. The summed E-state index contributed by atoms with van der Waals surface area (Å²) in [6.07, 6.45) is -4.64. The first-order valence-electron chi connectivity index (χ1n) is 8.84. The smallest absolute Gasteiger partial charge is 0.339 e. The fraction of sp³-hybridized carbons (Fsp3) is 0.143. The van der Waals surface area contributed by atoms with Crippen LogP contribution in [0.2, 0.25) is 0 Å². The lowest BCUT2D eigenvalue weighted by atomic mass is 10.0. The second-order valence-electron chi connectivity index (χ2n) is 6.82. The number of benzene rings is 2. The van der Waals surface area contributed by atoms with Gasteiger partial charge in [0.25, 0.3) is 5.56 Å². The summed E-state index contributed by atoms with van der Waals surface area (Å²) in [5.74, 6) is -1.67. The molecule has 0 unspecified atom stereocenters. The number of nitrogens with zero attached hydrogens (tertiary/aromatic N) is 2. The third-order valence-electron chi connectivity index (χ3n) is 4.89. The molecule has 2 aromatic carbocycles. The number of hydrogen-bond acceptors (Lipinski definition) is 2. The number of aromatic nitrogens is 3. The van der Waals surface area contributed by atoms with Gasteiger partial charge in [-0.2, -0.15) is 22.8 Å². The zero-order valence-electron chi connectivity index (χ0n) is 15.7. The lowest BCUT2D eigenvalue weighted by Gasteiger charge is -2.15. The van der Waals surface area contributed by atoms with Gasteiger partial charge in [-0.25, -0.2) is 8.78 Å². The van der Waals surface area contributed by atoms with Gasteiger partial charge in [0.05, 0.1) is 22.5 Å². The minimum Gasteiger partial charge on any atom is -0.339 e. The first-order valence-corrected chi connectivity index (χ1v) is 8.84. The molecule has 0 atom stereocenters. The molecule has 0 bridgehead atoms. The van der Waals surface area contributed by atoms with E-state index in [0.717, 1.165) is 16.6 Å². The number of aryl methyl sites for hydroxylation is 1. The van der Waals surface area contributed by atoms with Gasteiger partial charge in [-0.15, -0.1) is 0 Å². The second kappa shape index (κ2) is 6.79. The molecule has 154 valence electrons. The lowest BCUT2D eigenvalue weighted by molar-refractivity contribution is -0.137. The summed E-state index contributed by atoms with van der Waals surface area (Å²) in [6, 6.07) is 7.77. The standard InChI is InChI=1S/C21H14F5N3O/c1-10-18(13-5-3-4-6-15(13)21(24,25)26)27-19-17(11(2)28-29(19)20(10)30)14-8-7-12(22)9-16(14)23/h3-9,27H,1-2H3. The minimum absolute atomic E-state index is 0.0144. The Morgan fingerprint density at radius 3 is 2.37 bits per heavy atom. The van der Waals surface area contributed by atoms with Crippen LogP contribution in [0.25, 0.3) is 28.0 Å². The van der Waals surface area contributed by atoms with E-state index in [0.29, 0.717) is 6.07 Å². The molecule has 0 radical (unpaired) electrons. The third-order valence-corrected chi connectivity index (χ3v) is 4.89. The van der Waals surface area contributed by atoms with E-state index in [1.807, 2.05) is 0 Å².